The second-order valence-electron chi connectivity index (χ2n) is 7.05. The van der Waals surface area contributed by atoms with E-state index < -0.39 is 0 Å². The highest BCUT2D eigenvalue weighted by atomic mass is 79.9. The van der Waals surface area contributed by atoms with E-state index in [1.807, 2.05) is 25.1 Å². The molecule has 2 aromatic carbocycles. The van der Waals surface area contributed by atoms with Gasteiger partial charge in [0.25, 0.3) is 5.56 Å². The van der Waals surface area contributed by atoms with Gasteiger partial charge in [-0.05, 0) is 38.4 Å². The summed E-state index contributed by atoms with van der Waals surface area (Å²) in [5, 5.41) is 0.434. The summed E-state index contributed by atoms with van der Waals surface area (Å²) in [5.74, 6) is -0.627. The molecule has 1 amide bonds. The highest BCUT2D eigenvalue weighted by Gasteiger charge is 2.18. The van der Waals surface area contributed by atoms with Crippen LogP contribution in [0.2, 0.25) is 0 Å². The van der Waals surface area contributed by atoms with Crippen LogP contribution in [0.15, 0.2) is 58.1 Å². The first kappa shape index (κ1) is 21.1. The second kappa shape index (κ2) is 9.28. The Morgan fingerprint density at radius 1 is 1.17 bits per heavy atom. The number of halogens is 2. The first-order valence-corrected chi connectivity index (χ1v) is 9.95. The predicted octanol–water partition coefficient (Wildman–Crippen LogP) is 2.89. The number of rotatable bonds is 7. The molecule has 29 heavy (non-hydrogen) atoms. The minimum atomic E-state index is -0.357. The highest BCUT2D eigenvalue weighted by Crippen LogP contribution is 2.15. The summed E-state index contributed by atoms with van der Waals surface area (Å²) in [6, 6.07) is 11.6. The molecule has 0 aliphatic rings. The van der Waals surface area contributed by atoms with Gasteiger partial charge in [-0.15, -0.1) is 0 Å². The molecule has 0 radical (unpaired) electrons. The smallest absolute Gasteiger partial charge is 0.261 e. The van der Waals surface area contributed by atoms with E-state index in [0.717, 1.165) is 4.47 Å². The van der Waals surface area contributed by atoms with Crippen LogP contribution in [0.1, 0.15) is 5.56 Å². The van der Waals surface area contributed by atoms with Crippen LogP contribution in [0.5, 0.6) is 0 Å². The van der Waals surface area contributed by atoms with Crippen molar-refractivity contribution in [3.63, 3.8) is 0 Å². The van der Waals surface area contributed by atoms with Gasteiger partial charge in [0.15, 0.2) is 0 Å². The number of benzene rings is 2. The van der Waals surface area contributed by atoms with Crippen LogP contribution in [-0.2, 0) is 17.9 Å². The average Bonchev–Trinajstić information content (AvgIpc) is 2.68. The van der Waals surface area contributed by atoms with Gasteiger partial charge in [0.2, 0.25) is 5.91 Å². The number of hydrogen-bond acceptors (Lipinski definition) is 4. The minimum Gasteiger partial charge on any atom is -0.335 e. The predicted molar refractivity (Wildman–Crippen MR) is 114 cm³/mol. The molecule has 0 saturated heterocycles. The lowest BCUT2D eigenvalue weighted by molar-refractivity contribution is -0.132. The molecular formula is C21H22BrFN4O2. The zero-order valence-electron chi connectivity index (χ0n) is 16.3. The Kier molecular flexibility index (Phi) is 6.76. The average molecular weight is 461 g/mol. The van der Waals surface area contributed by atoms with Crippen LogP contribution in [0.3, 0.4) is 0 Å². The summed E-state index contributed by atoms with van der Waals surface area (Å²) in [6.45, 7) is 1.02. The Balaban J connectivity index is 1.86. The summed E-state index contributed by atoms with van der Waals surface area (Å²) in [5.41, 5.74) is 0.716. The Hall–Kier alpha value is -2.58. The molecule has 0 saturated carbocycles. The number of amides is 1. The van der Waals surface area contributed by atoms with Crippen molar-refractivity contribution < 1.29 is 9.18 Å². The van der Waals surface area contributed by atoms with Crippen molar-refractivity contribution in [1.82, 2.24) is 19.4 Å². The number of carbonyl (C=O) groups excluding carboxylic acids is 1. The first-order valence-electron chi connectivity index (χ1n) is 9.16. The van der Waals surface area contributed by atoms with Crippen LogP contribution in [0, 0.1) is 5.82 Å². The van der Waals surface area contributed by atoms with Gasteiger partial charge in [0, 0.05) is 29.7 Å². The van der Waals surface area contributed by atoms with Gasteiger partial charge in [-0.1, -0.05) is 34.1 Å². The van der Waals surface area contributed by atoms with E-state index in [4.69, 9.17) is 0 Å². The largest absolute Gasteiger partial charge is 0.335 e. The van der Waals surface area contributed by atoms with Crippen molar-refractivity contribution in [2.75, 3.05) is 27.2 Å². The second-order valence-corrected chi connectivity index (χ2v) is 7.96. The van der Waals surface area contributed by atoms with E-state index in [2.05, 4.69) is 20.9 Å². The van der Waals surface area contributed by atoms with Crippen LogP contribution < -0.4 is 5.56 Å². The van der Waals surface area contributed by atoms with E-state index in [-0.39, 0.29) is 30.4 Å². The van der Waals surface area contributed by atoms with Gasteiger partial charge < -0.3 is 9.80 Å². The lowest BCUT2D eigenvalue weighted by Gasteiger charge is -2.25. The number of carbonyl (C=O) groups is 1. The lowest BCUT2D eigenvalue weighted by Crippen LogP contribution is -2.40. The van der Waals surface area contributed by atoms with Crippen LogP contribution >= 0.6 is 15.9 Å². The summed E-state index contributed by atoms with van der Waals surface area (Å²) in [7, 11) is 3.81. The zero-order valence-corrected chi connectivity index (χ0v) is 17.9. The summed E-state index contributed by atoms with van der Waals surface area (Å²) < 4.78 is 16.2. The van der Waals surface area contributed by atoms with E-state index in [1.165, 1.54) is 17.0 Å². The minimum absolute atomic E-state index is 0.140. The number of fused-ring (bicyclic) bond motifs is 1. The highest BCUT2D eigenvalue weighted by molar-refractivity contribution is 9.10. The van der Waals surface area contributed by atoms with Crippen molar-refractivity contribution in [3.8, 4) is 0 Å². The zero-order chi connectivity index (χ0) is 21.0. The van der Waals surface area contributed by atoms with Crippen LogP contribution in [-0.4, -0.2) is 52.4 Å². The third kappa shape index (κ3) is 5.27. The lowest BCUT2D eigenvalue weighted by atomic mass is 10.2. The molecule has 6 nitrogen and oxygen atoms in total. The molecule has 3 aromatic rings. The standard InChI is InChI=1S/C21H22BrFN4O2/c1-25(2)9-10-26(12-15-5-3-4-6-18(15)23)20(28)13-27-14-24-19-8-7-16(22)11-17(19)21(27)29/h3-8,11,14H,9-10,12-13H2,1-2H3. The quantitative estimate of drug-likeness (QED) is 0.543. The summed E-state index contributed by atoms with van der Waals surface area (Å²) in [6.07, 6.45) is 1.38. The maximum atomic E-state index is 14.1. The number of hydrogen-bond donors (Lipinski definition) is 0. The molecule has 1 heterocycles. The molecule has 3 rings (SSSR count). The molecule has 1 aromatic heterocycles. The number of aromatic nitrogens is 2. The molecule has 0 aliphatic carbocycles. The molecule has 0 bridgehead atoms. The van der Waals surface area contributed by atoms with E-state index in [1.54, 1.807) is 35.2 Å². The third-order valence-corrected chi connectivity index (χ3v) is 5.07. The molecule has 8 heteroatoms. The van der Waals surface area contributed by atoms with Crippen molar-refractivity contribution >= 4 is 32.7 Å². The maximum absolute atomic E-state index is 14.1. The Morgan fingerprint density at radius 3 is 2.66 bits per heavy atom. The fourth-order valence-electron chi connectivity index (χ4n) is 2.93. The number of likely N-dealkylation sites (N-methyl/N-ethyl adjacent to an activating group) is 1. The fraction of sp³-hybridized carbons (Fsp3) is 0.286. The molecule has 152 valence electrons. The number of nitrogens with zero attached hydrogens (tertiary/aromatic N) is 4. The summed E-state index contributed by atoms with van der Waals surface area (Å²) in [4.78, 5) is 33.5. The summed E-state index contributed by atoms with van der Waals surface area (Å²) >= 11 is 3.35. The molecule has 0 atom stereocenters. The van der Waals surface area contributed by atoms with Gasteiger partial charge in [-0.25, -0.2) is 9.37 Å². The van der Waals surface area contributed by atoms with Gasteiger partial charge >= 0.3 is 0 Å². The van der Waals surface area contributed by atoms with Crippen LogP contribution in [0.25, 0.3) is 10.9 Å². The van der Waals surface area contributed by atoms with Crippen molar-refractivity contribution in [2.45, 2.75) is 13.1 Å². The topological polar surface area (TPSA) is 58.4 Å². The van der Waals surface area contributed by atoms with Crippen LogP contribution in [0.4, 0.5) is 4.39 Å². The molecule has 0 aliphatic heterocycles. The van der Waals surface area contributed by atoms with Gasteiger partial charge in [-0.3, -0.25) is 14.2 Å². The van der Waals surface area contributed by atoms with E-state index >= 15 is 0 Å². The SMILES string of the molecule is CN(C)CCN(Cc1ccccc1F)C(=O)Cn1cnc2ccc(Br)cc2c1=O. The Morgan fingerprint density at radius 2 is 1.93 bits per heavy atom. The molecule has 0 fully saturated rings. The van der Waals surface area contributed by atoms with Gasteiger partial charge in [-0.2, -0.15) is 0 Å². The molecule has 0 N–H and O–H groups in total. The van der Waals surface area contributed by atoms with E-state index in [9.17, 15) is 14.0 Å². The van der Waals surface area contributed by atoms with Gasteiger partial charge in [0.1, 0.15) is 12.4 Å². The fourth-order valence-corrected chi connectivity index (χ4v) is 3.30. The van der Waals surface area contributed by atoms with Crippen molar-refractivity contribution in [2.24, 2.45) is 0 Å². The van der Waals surface area contributed by atoms with Crippen molar-refractivity contribution in [1.29, 1.82) is 0 Å². The Bertz CT molecular complexity index is 1080. The first-order chi connectivity index (χ1) is 13.8. The van der Waals surface area contributed by atoms with E-state index in [0.29, 0.717) is 29.6 Å². The normalized spacial score (nSPS) is 11.2. The Labute approximate surface area is 176 Å². The maximum Gasteiger partial charge on any atom is 0.261 e. The third-order valence-electron chi connectivity index (χ3n) is 4.58. The van der Waals surface area contributed by atoms with Gasteiger partial charge in [0.05, 0.1) is 17.2 Å². The molecular weight excluding hydrogens is 439 g/mol. The van der Waals surface area contributed by atoms with Crippen molar-refractivity contribution in [3.05, 3.63) is 75.0 Å². The monoisotopic (exact) mass is 460 g/mol. The molecule has 0 spiro atoms. The molecule has 0 unspecified atom stereocenters.